The Morgan fingerprint density at radius 1 is 1.04 bits per heavy atom. The molecule has 0 radical (unpaired) electrons. The Balaban J connectivity index is 1.76. The molecule has 0 atom stereocenters. The van der Waals surface area contributed by atoms with Crippen LogP contribution in [0.15, 0.2) is 52.1 Å². The fourth-order valence-corrected chi connectivity index (χ4v) is 2.96. The predicted molar refractivity (Wildman–Crippen MR) is 94.1 cm³/mol. The van der Waals surface area contributed by atoms with E-state index in [9.17, 15) is 20.2 Å². The number of benzene rings is 2. The summed E-state index contributed by atoms with van der Waals surface area (Å²) in [5.74, 6) is 0.443. The molecule has 3 rings (SSSR count). The second kappa shape index (κ2) is 7.50. The van der Waals surface area contributed by atoms with Gasteiger partial charge in [-0.05, 0) is 30.3 Å². The summed E-state index contributed by atoms with van der Waals surface area (Å²) in [4.78, 5) is 20.6. The normalized spacial score (nSPS) is 10.7. The average Bonchev–Trinajstić information content (AvgIpc) is 3.09. The van der Waals surface area contributed by atoms with Crippen molar-refractivity contribution in [2.45, 2.75) is 11.0 Å². The highest BCUT2D eigenvalue weighted by Crippen LogP contribution is 2.31. The molecular formula is C15H9ClN4O5S. The van der Waals surface area contributed by atoms with Crippen molar-refractivity contribution >= 4 is 34.7 Å². The lowest BCUT2D eigenvalue weighted by Gasteiger charge is -2.01. The Morgan fingerprint density at radius 2 is 1.77 bits per heavy atom. The lowest BCUT2D eigenvalue weighted by Crippen LogP contribution is -1.97. The van der Waals surface area contributed by atoms with Crippen molar-refractivity contribution < 1.29 is 14.3 Å². The summed E-state index contributed by atoms with van der Waals surface area (Å²) >= 11 is 6.92. The molecule has 2 aromatic carbocycles. The smallest absolute Gasteiger partial charge is 0.280 e. The fraction of sp³-hybridized carbons (Fsp3) is 0.0667. The van der Waals surface area contributed by atoms with Crippen LogP contribution in [0.3, 0.4) is 0 Å². The van der Waals surface area contributed by atoms with Crippen molar-refractivity contribution in [1.82, 2.24) is 10.2 Å². The predicted octanol–water partition coefficient (Wildman–Crippen LogP) is 4.50. The summed E-state index contributed by atoms with van der Waals surface area (Å²) in [6, 6.07) is 10.3. The van der Waals surface area contributed by atoms with Gasteiger partial charge < -0.3 is 4.42 Å². The number of nitro benzene ring substituents is 2. The fourth-order valence-electron chi connectivity index (χ4n) is 2.07. The molecule has 1 heterocycles. The number of hydrogen-bond donors (Lipinski definition) is 0. The van der Waals surface area contributed by atoms with Gasteiger partial charge in [0.1, 0.15) is 0 Å². The van der Waals surface area contributed by atoms with Crippen molar-refractivity contribution in [2.75, 3.05) is 0 Å². The SMILES string of the molecule is O=[N+]([O-])c1ccc(CSc2nnc(-c3ccc(Cl)cc3)o2)c([N+](=O)[O-])c1. The number of hydrogen-bond acceptors (Lipinski definition) is 8. The van der Waals surface area contributed by atoms with E-state index in [-0.39, 0.29) is 22.4 Å². The van der Waals surface area contributed by atoms with Gasteiger partial charge in [-0.15, -0.1) is 10.2 Å². The topological polar surface area (TPSA) is 125 Å². The minimum atomic E-state index is -0.680. The van der Waals surface area contributed by atoms with Gasteiger partial charge in [0.05, 0.1) is 15.9 Å². The number of aromatic nitrogens is 2. The lowest BCUT2D eigenvalue weighted by molar-refractivity contribution is -0.394. The van der Waals surface area contributed by atoms with Gasteiger partial charge in [-0.25, -0.2) is 0 Å². The number of nitrogens with zero attached hydrogens (tertiary/aromatic N) is 4. The van der Waals surface area contributed by atoms with Crippen LogP contribution in [0, 0.1) is 20.2 Å². The molecule has 0 spiro atoms. The molecule has 0 saturated heterocycles. The summed E-state index contributed by atoms with van der Waals surface area (Å²) < 4.78 is 5.51. The largest absolute Gasteiger partial charge is 0.411 e. The van der Waals surface area contributed by atoms with E-state index in [1.54, 1.807) is 24.3 Å². The van der Waals surface area contributed by atoms with Gasteiger partial charge in [-0.1, -0.05) is 23.4 Å². The van der Waals surface area contributed by atoms with E-state index in [1.165, 1.54) is 12.1 Å². The zero-order chi connectivity index (χ0) is 18.7. The molecule has 26 heavy (non-hydrogen) atoms. The number of non-ortho nitro benzene ring substituents is 1. The Labute approximate surface area is 155 Å². The molecule has 0 saturated carbocycles. The van der Waals surface area contributed by atoms with E-state index in [0.29, 0.717) is 22.0 Å². The maximum absolute atomic E-state index is 11.1. The number of halogens is 1. The minimum absolute atomic E-state index is 0.149. The van der Waals surface area contributed by atoms with Crippen LogP contribution in [-0.4, -0.2) is 20.0 Å². The van der Waals surface area contributed by atoms with E-state index >= 15 is 0 Å². The van der Waals surface area contributed by atoms with Crippen LogP contribution in [0.1, 0.15) is 5.56 Å². The van der Waals surface area contributed by atoms with Crippen LogP contribution in [0.2, 0.25) is 5.02 Å². The molecule has 0 bridgehead atoms. The Kier molecular flexibility index (Phi) is 5.14. The molecule has 0 N–H and O–H groups in total. The van der Waals surface area contributed by atoms with Crippen LogP contribution in [0.5, 0.6) is 0 Å². The first-order valence-electron chi connectivity index (χ1n) is 7.08. The first-order chi connectivity index (χ1) is 12.4. The first kappa shape index (κ1) is 17.8. The van der Waals surface area contributed by atoms with Gasteiger partial charge in [-0.3, -0.25) is 20.2 Å². The average molecular weight is 393 g/mol. The third kappa shape index (κ3) is 3.98. The van der Waals surface area contributed by atoms with Crippen molar-refractivity contribution in [3.63, 3.8) is 0 Å². The third-order valence-electron chi connectivity index (χ3n) is 3.33. The highest BCUT2D eigenvalue weighted by atomic mass is 35.5. The molecule has 0 amide bonds. The van der Waals surface area contributed by atoms with Crippen molar-refractivity contribution in [3.05, 3.63) is 73.3 Å². The van der Waals surface area contributed by atoms with E-state index in [1.807, 2.05) is 0 Å². The Hall–Kier alpha value is -2.98. The number of rotatable bonds is 6. The molecule has 3 aromatic rings. The summed E-state index contributed by atoms with van der Waals surface area (Å²) in [7, 11) is 0. The van der Waals surface area contributed by atoms with E-state index in [0.717, 1.165) is 17.8 Å². The molecule has 11 heteroatoms. The summed E-state index contributed by atoms with van der Waals surface area (Å²) in [6.07, 6.45) is 0. The van der Waals surface area contributed by atoms with Crippen LogP contribution < -0.4 is 0 Å². The highest BCUT2D eigenvalue weighted by Gasteiger charge is 2.20. The molecule has 0 aliphatic carbocycles. The minimum Gasteiger partial charge on any atom is -0.411 e. The molecule has 0 aliphatic heterocycles. The lowest BCUT2D eigenvalue weighted by atomic mass is 10.2. The van der Waals surface area contributed by atoms with Gasteiger partial charge in [0, 0.05) is 28.0 Å². The van der Waals surface area contributed by atoms with Crippen molar-refractivity contribution in [2.24, 2.45) is 0 Å². The molecule has 9 nitrogen and oxygen atoms in total. The standard InChI is InChI=1S/C15H9ClN4O5S/c16-11-4-1-9(2-5-11)14-17-18-15(25-14)26-8-10-3-6-12(19(21)22)7-13(10)20(23)24/h1-7H,8H2. The van der Waals surface area contributed by atoms with E-state index in [2.05, 4.69) is 10.2 Å². The highest BCUT2D eigenvalue weighted by molar-refractivity contribution is 7.98. The zero-order valence-electron chi connectivity index (χ0n) is 12.9. The first-order valence-corrected chi connectivity index (χ1v) is 8.44. The Morgan fingerprint density at radius 3 is 2.42 bits per heavy atom. The van der Waals surface area contributed by atoms with Crippen molar-refractivity contribution in [3.8, 4) is 11.5 Å². The monoisotopic (exact) mass is 392 g/mol. The van der Waals surface area contributed by atoms with Crippen LogP contribution in [0.25, 0.3) is 11.5 Å². The van der Waals surface area contributed by atoms with Crippen LogP contribution >= 0.6 is 23.4 Å². The van der Waals surface area contributed by atoms with Crippen molar-refractivity contribution in [1.29, 1.82) is 0 Å². The molecular weight excluding hydrogens is 384 g/mol. The number of thioether (sulfide) groups is 1. The van der Waals surface area contributed by atoms with Crippen LogP contribution in [0.4, 0.5) is 11.4 Å². The molecule has 0 fully saturated rings. The quantitative estimate of drug-likeness (QED) is 0.341. The van der Waals surface area contributed by atoms with Gasteiger partial charge >= 0.3 is 0 Å². The molecule has 132 valence electrons. The van der Waals surface area contributed by atoms with Gasteiger partial charge in [-0.2, -0.15) is 0 Å². The Bertz CT molecular complexity index is 976. The maximum Gasteiger partial charge on any atom is 0.280 e. The second-order valence-corrected chi connectivity index (χ2v) is 6.36. The van der Waals surface area contributed by atoms with Crippen LogP contribution in [-0.2, 0) is 5.75 Å². The molecule has 0 unspecified atom stereocenters. The maximum atomic E-state index is 11.1. The van der Waals surface area contributed by atoms with Gasteiger partial charge in [0.25, 0.3) is 16.6 Å². The summed E-state index contributed by atoms with van der Waals surface area (Å²) in [5, 5.41) is 30.5. The summed E-state index contributed by atoms with van der Waals surface area (Å²) in [6.45, 7) is 0. The number of nitro groups is 2. The van der Waals surface area contributed by atoms with E-state index < -0.39 is 9.85 Å². The van der Waals surface area contributed by atoms with Gasteiger partial charge in [0.2, 0.25) is 5.89 Å². The molecule has 0 aliphatic rings. The summed E-state index contributed by atoms with van der Waals surface area (Å²) in [5.41, 5.74) is 0.337. The zero-order valence-corrected chi connectivity index (χ0v) is 14.4. The van der Waals surface area contributed by atoms with E-state index in [4.69, 9.17) is 16.0 Å². The second-order valence-electron chi connectivity index (χ2n) is 5.00. The molecule has 1 aromatic heterocycles. The third-order valence-corrected chi connectivity index (χ3v) is 4.44. The van der Waals surface area contributed by atoms with Gasteiger partial charge in [0.15, 0.2) is 0 Å².